The highest BCUT2D eigenvalue weighted by molar-refractivity contribution is 7.16. The highest BCUT2D eigenvalue weighted by Gasteiger charge is 2.18. The zero-order valence-corrected chi connectivity index (χ0v) is 53.5. The van der Waals surface area contributed by atoms with Gasteiger partial charge in [0.15, 0.2) is 0 Å². The minimum Gasteiger partial charge on any atom is -0.491 e. The molecule has 0 spiro atoms. The first-order valence-electron chi connectivity index (χ1n) is 30.1. The molecule has 0 saturated carbocycles. The smallest absolute Gasteiger partial charge is 0.349 e. The lowest BCUT2D eigenvalue weighted by Crippen LogP contribution is -2.14. The monoisotopic (exact) mass is 1310 g/mol. The number of hydrogen-bond acceptors (Lipinski definition) is 20. The number of nitrogens with zero attached hydrogens (tertiary/aromatic N) is 3. The molecule has 0 aliphatic heterocycles. The predicted octanol–water partition coefficient (Wildman–Crippen LogP) is 13.8. The van der Waals surface area contributed by atoms with Crippen LogP contribution in [0.15, 0.2) is 181 Å². The number of hydrogen-bond donors (Lipinski definition) is 1. The van der Waals surface area contributed by atoms with E-state index in [9.17, 15) is 30.0 Å². The Morgan fingerprint density at radius 3 is 1.04 bits per heavy atom. The summed E-state index contributed by atoms with van der Waals surface area (Å²) in [5.74, 6) is 0.224. The van der Waals surface area contributed by atoms with Crippen molar-refractivity contribution in [3.63, 3.8) is 0 Å². The second kappa shape index (κ2) is 36.4. The Morgan fingerprint density at radius 1 is 0.404 bits per heavy atom. The molecule has 2 aromatic heterocycles. The van der Waals surface area contributed by atoms with Gasteiger partial charge in [-0.2, -0.15) is 10.5 Å². The summed E-state index contributed by atoms with van der Waals surface area (Å²) < 4.78 is 67.2. The Morgan fingerprint density at radius 2 is 0.723 bits per heavy atom. The van der Waals surface area contributed by atoms with Crippen LogP contribution in [-0.2, 0) is 47.5 Å². The number of carbonyl (C=O) groups is 3. The van der Waals surface area contributed by atoms with Gasteiger partial charge in [-0.05, 0) is 120 Å². The van der Waals surface area contributed by atoms with E-state index in [0.717, 1.165) is 71.0 Å². The molecule has 94 heavy (non-hydrogen) atoms. The fourth-order valence-corrected chi connectivity index (χ4v) is 11.5. The summed E-state index contributed by atoms with van der Waals surface area (Å²) in [4.78, 5) is 43.0. The van der Waals surface area contributed by atoms with E-state index in [1.54, 1.807) is 38.5 Å². The molecule has 2 heterocycles. The molecule has 0 aliphatic rings. The zero-order chi connectivity index (χ0) is 65.7. The third-order valence-electron chi connectivity index (χ3n) is 14.1. The van der Waals surface area contributed by atoms with Crippen LogP contribution >= 0.6 is 22.7 Å². The van der Waals surface area contributed by atoms with Gasteiger partial charge in [0.05, 0.1) is 71.6 Å². The van der Waals surface area contributed by atoms with E-state index < -0.39 is 17.9 Å². The predicted molar refractivity (Wildman–Crippen MR) is 361 cm³/mol. The third-order valence-corrected chi connectivity index (χ3v) is 16.3. The summed E-state index contributed by atoms with van der Waals surface area (Å²) in [5, 5.41) is 33.2. The van der Waals surface area contributed by atoms with Crippen LogP contribution in [0.4, 0.5) is 17.1 Å². The maximum absolute atomic E-state index is 13.0. The Bertz CT molecular complexity index is 3860. The number of fused-ring (bicyclic) bond motifs is 2. The lowest BCUT2D eigenvalue weighted by Gasteiger charge is -2.26. The fourth-order valence-electron chi connectivity index (χ4n) is 9.56. The molecule has 0 atom stereocenters. The topological polar surface area (TPSA) is 233 Å². The van der Waals surface area contributed by atoms with E-state index in [1.165, 1.54) is 34.8 Å². The van der Waals surface area contributed by atoms with Gasteiger partial charge in [-0.3, -0.25) is 0 Å². The van der Waals surface area contributed by atoms with Gasteiger partial charge in [0.2, 0.25) is 0 Å². The van der Waals surface area contributed by atoms with Gasteiger partial charge in [0, 0.05) is 72.3 Å². The van der Waals surface area contributed by atoms with Crippen LogP contribution in [-0.4, -0.2) is 143 Å². The molecule has 0 amide bonds. The molecular weight excluding hydrogens is 1240 g/mol. The summed E-state index contributed by atoms with van der Waals surface area (Å²) in [7, 11) is 3.25. The second-order valence-corrected chi connectivity index (χ2v) is 22.6. The van der Waals surface area contributed by atoms with Crippen molar-refractivity contribution in [3.05, 3.63) is 196 Å². The average molecular weight is 1310 g/mol. The van der Waals surface area contributed by atoms with E-state index in [1.807, 2.05) is 163 Å². The molecule has 0 fully saturated rings. The summed E-state index contributed by atoms with van der Waals surface area (Å²) in [6, 6.07) is 56.7. The molecule has 21 heteroatoms. The van der Waals surface area contributed by atoms with Crippen LogP contribution < -0.4 is 23.8 Å². The zero-order valence-electron chi connectivity index (χ0n) is 51.9. The maximum atomic E-state index is 13.0. The van der Waals surface area contributed by atoms with Gasteiger partial charge in [0.25, 0.3) is 0 Å². The second-order valence-electron chi connectivity index (χ2n) is 20.3. The molecule has 0 unspecified atom stereocenters. The van der Waals surface area contributed by atoms with Crippen molar-refractivity contribution in [1.29, 1.82) is 10.5 Å². The lowest BCUT2D eigenvalue weighted by molar-refractivity contribution is -0.140. The Hall–Kier alpha value is -9.91. The van der Waals surface area contributed by atoms with Crippen molar-refractivity contribution in [2.24, 2.45) is 0 Å². The summed E-state index contributed by atoms with van der Waals surface area (Å²) in [6.07, 6.45) is 3.00. The number of carboxylic acids is 1. The van der Waals surface area contributed by atoms with Crippen LogP contribution in [0.2, 0.25) is 0 Å². The van der Waals surface area contributed by atoms with Crippen molar-refractivity contribution in [1.82, 2.24) is 0 Å². The maximum Gasteiger partial charge on any atom is 0.349 e. The SMILES string of the molecule is COCCOCCOc1cccc2c(OCCOCCOC(=O)/C(C#N)=C/c3ccc(-c4ccc(N(c5ccc(C(=O)O)cc5)c5ccc(-c6ccc(/C=C(\C#N)C(=O)OCCOCCOc7cccc8c(OCCOCCOC)cccc78)s6)cc5)cc4)s3)cccc12. The van der Waals surface area contributed by atoms with Crippen LogP contribution in [0.5, 0.6) is 23.0 Å². The summed E-state index contributed by atoms with van der Waals surface area (Å²) >= 11 is 2.80. The largest absolute Gasteiger partial charge is 0.491 e. The van der Waals surface area contributed by atoms with Crippen LogP contribution in [0.25, 0.3) is 54.6 Å². The first kappa shape index (κ1) is 68.5. The molecule has 9 aromatic rings. The minimum atomic E-state index is -1.04. The Balaban J connectivity index is 0.741. The highest BCUT2D eigenvalue weighted by atomic mass is 32.1. The van der Waals surface area contributed by atoms with E-state index in [-0.39, 0.29) is 69.6 Å². The van der Waals surface area contributed by atoms with E-state index in [4.69, 9.17) is 56.8 Å². The molecule has 0 radical (unpaired) electrons. The van der Waals surface area contributed by atoms with Crippen LogP contribution in [0.3, 0.4) is 0 Å². The molecule has 0 saturated heterocycles. The molecule has 0 aliphatic carbocycles. The van der Waals surface area contributed by atoms with E-state index >= 15 is 0 Å². The van der Waals surface area contributed by atoms with Crippen LogP contribution in [0.1, 0.15) is 20.1 Å². The Kier molecular flexibility index (Phi) is 26.5. The number of anilines is 3. The number of ether oxygens (including phenoxy) is 12. The number of benzene rings is 7. The number of nitriles is 2. The molecule has 484 valence electrons. The van der Waals surface area contributed by atoms with Gasteiger partial charge in [0.1, 0.15) is 85.9 Å². The van der Waals surface area contributed by atoms with Crippen molar-refractivity contribution >= 4 is 91.3 Å². The molecule has 1 N–H and O–H groups in total. The van der Waals surface area contributed by atoms with Gasteiger partial charge >= 0.3 is 17.9 Å². The highest BCUT2D eigenvalue weighted by Crippen LogP contribution is 2.40. The number of carbonyl (C=O) groups excluding carboxylic acids is 2. The number of thiophene rings is 2. The quantitative estimate of drug-likeness (QED) is 0.0164. The first-order valence-corrected chi connectivity index (χ1v) is 31.7. The molecule has 19 nitrogen and oxygen atoms in total. The van der Waals surface area contributed by atoms with E-state index in [2.05, 4.69) is 0 Å². The summed E-state index contributed by atoms with van der Waals surface area (Å²) in [6.45, 7) is 4.76. The first-order chi connectivity index (χ1) is 46.1. The molecule has 9 rings (SSSR count). The van der Waals surface area contributed by atoms with Crippen molar-refractivity contribution in [2.75, 3.05) is 125 Å². The number of esters is 2. The molecule has 0 bridgehead atoms. The minimum absolute atomic E-state index is 0.0607. The van der Waals surface area contributed by atoms with Gasteiger partial charge in [-0.25, -0.2) is 14.4 Å². The van der Waals surface area contributed by atoms with Gasteiger partial charge < -0.3 is 66.8 Å². The average Bonchev–Trinajstić information content (AvgIpc) is 0.887. The molecular formula is C73H69N3O16S2. The van der Waals surface area contributed by atoms with Gasteiger partial charge in [-0.1, -0.05) is 72.8 Å². The van der Waals surface area contributed by atoms with Crippen molar-refractivity contribution in [2.45, 2.75) is 0 Å². The standard InChI is InChI=1S/C73H69N3O16S2/c1-81-31-33-83-35-41-87-65-11-3-9-63-61(65)7-5-13-67(63)89-43-37-85-39-45-91-72(79)54(49-74)47-59-27-29-69(93-59)51-15-21-56(22-16-51)76(58-25-19-53(20-26-58)71(77)78)57-23-17-52(18-24-57)70-30-28-60(94-70)48-55(50-75)73(80)92-46-40-86-38-44-90-68-14-6-8-62-64(68)10-4-12-66(62)88-42-36-84-34-32-82-2/h3-30,47-48H,31-46H2,1-2H3,(H,77,78)/b54-47+,55-48+. The van der Waals surface area contributed by atoms with Gasteiger partial charge in [-0.15, -0.1) is 22.7 Å². The lowest BCUT2D eigenvalue weighted by atomic mass is 10.1. The van der Waals surface area contributed by atoms with Crippen molar-refractivity contribution < 1.29 is 76.3 Å². The number of aromatic carboxylic acids is 1. The summed E-state index contributed by atoms with van der Waals surface area (Å²) in [5.41, 5.74) is 3.91. The number of rotatable bonds is 38. The van der Waals surface area contributed by atoms with E-state index in [0.29, 0.717) is 74.1 Å². The van der Waals surface area contributed by atoms with Crippen molar-refractivity contribution in [3.8, 4) is 56.0 Å². The molecule has 7 aromatic carbocycles. The van der Waals surface area contributed by atoms with Crippen LogP contribution in [0, 0.1) is 22.7 Å². The number of methoxy groups -OCH3 is 2. The third kappa shape index (κ3) is 19.6. The number of carboxylic acid groups (broad SMARTS) is 1. The Labute approximate surface area is 552 Å². The fraction of sp³-hybridized carbons (Fsp3) is 0.247. The normalized spacial score (nSPS) is 11.4.